The molecule has 3 rings (SSSR count). The lowest BCUT2D eigenvalue weighted by Crippen LogP contribution is -2.45. The Morgan fingerprint density at radius 3 is 2.38 bits per heavy atom. The second kappa shape index (κ2) is 8.18. The molecule has 0 aliphatic carbocycles. The molecule has 2 amide bonds. The van der Waals surface area contributed by atoms with Gasteiger partial charge in [-0.25, -0.2) is 0 Å². The van der Waals surface area contributed by atoms with Crippen LogP contribution in [0.2, 0.25) is 0 Å². The molecule has 2 saturated heterocycles. The van der Waals surface area contributed by atoms with Crippen LogP contribution in [0.3, 0.4) is 0 Å². The molecule has 1 N–H and O–H groups in total. The number of piperidine rings is 2. The average Bonchev–Trinajstić information content (AvgIpc) is 2.66. The van der Waals surface area contributed by atoms with Gasteiger partial charge in [-0.2, -0.15) is 0 Å². The fourth-order valence-electron chi connectivity index (χ4n) is 3.95. The molecule has 0 unspecified atom stereocenters. The van der Waals surface area contributed by atoms with Crippen LogP contribution in [0, 0.1) is 0 Å². The molecular weight excluding hydrogens is 332 g/mol. The number of benzene rings is 1. The Hall–Kier alpha value is -1.92. The maximum atomic E-state index is 11.8. The van der Waals surface area contributed by atoms with Gasteiger partial charge in [0.25, 0.3) is 0 Å². The number of imide groups is 1. The highest BCUT2D eigenvalue weighted by atomic mass is 16.5. The third-order valence-electron chi connectivity index (χ3n) is 5.53. The van der Waals surface area contributed by atoms with Crippen LogP contribution >= 0.6 is 0 Å². The van der Waals surface area contributed by atoms with Gasteiger partial charge in [-0.1, -0.05) is 18.2 Å². The zero-order valence-electron chi connectivity index (χ0n) is 15.4. The van der Waals surface area contributed by atoms with Crippen LogP contribution in [0.4, 0.5) is 0 Å². The number of carbonyl (C=O) groups excluding carboxylic acids is 2. The Morgan fingerprint density at radius 2 is 1.73 bits per heavy atom. The number of nitrogens with zero attached hydrogens (tertiary/aromatic N) is 2. The van der Waals surface area contributed by atoms with Crippen LogP contribution in [0.25, 0.3) is 0 Å². The molecule has 0 atom stereocenters. The van der Waals surface area contributed by atoms with Gasteiger partial charge in [-0.3, -0.25) is 14.5 Å². The highest BCUT2D eigenvalue weighted by molar-refractivity contribution is 5.97. The number of ether oxygens (including phenoxy) is 1. The van der Waals surface area contributed by atoms with Crippen molar-refractivity contribution in [2.45, 2.75) is 44.1 Å². The summed E-state index contributed by atoms with van der Waals surface area (Å²) in [6.07, 6.45) is 3.74. The van der Waals surface area contributed by atoms with Crippen LogP contribution in [0.5, 0.6) is 5.75 Å². The van der Waals surface area contributed by atoms with E-state index in [1.165, 1.54) is 4.90 Å². The number of methoxy groups -OCH3 is 1. The highest BCUT2D eigenvalue weighted by Gasteiger charge is 2.36. The molecular formula is C20H28N2O4. The second-order valence-electron chi connectivity index (χ2n) is 7.22. The summed E-state index contributed by atoms with van der Waals surface area (Å²) >= 11 is 0. The molecule has 1 aromatic rings. The predicted molar refractivity (Wildman–Crippen MR) is 97.8 cm³/mol. The monoisotopic (exact) mass is 360 g/mol. The van der Waals surface area contributed by atoms with E-state index in [1.54, 1.807) is 7.11 Å². The molecule has 0 radical (unpaired) electrons. The summed E-state index contributed by atoms with van der Waals surface area (Å²) in [6, 6.07) is 7.65. The number of rotatable bonds is 6. The van der Waals surface area contributed by atoms with Crippen LogP contribution < -0.4 is 4.74 Å². The number of hydrogen-bond donors (Lipinski definition) is 1. The Balaban J connectivity index is 1.49. The maximum absolute atomic E-state index is 11.8. The zero-order chi connectivity index (χ0) is 18.6. The summed E-state index contributed by atoms with van der Waals surface area (Å²) in [5, 5.41) is 11.1. The SMILES string of the molecule is COc1ccccc1C1(O)CCN(CCCN2C(=O)CCCC2=O)CC1. The molecule has 6 nitrogen and oxygen atoms in total. The van der Waals surface area contributed by atoms with Crippen molar-refractivity contribution >= 4 is 11.8 Å². The van der Waals surface area contributed by atoms with E-state index < -0.39 is 5.60 Å². The fraction of sp³-hybridized carbons (Fsp3) is 0.600. The van der Waals surface area contributed by atoms with Gasteiger partial charge in [0.2, 0.25) is 11.8 Å². The molecule has 0 spiro atoms. The normalized spacial score (nSPS) is 21.1. The molecule has 1 aromatic carbocycles. The molecule has 2 fully saturated rings. The Morgan fingerprint density at radius 1 is 1.08 bits per heavy atom. The lowest BCUT2D eigenvalue weighted by atomic mass is 9.84. The van der Waals surface area contributed by atoms with Crippen LogP contribution in [-0.2, 0) is 15.2 Å². The molecule has 0 bridgehead atoms. The summed E-state index contributed by atoms with van der Waals surface area (Å²) in [4.78, 5) is 27.4. The lowest BCUT2D eigenvalue weighted by molar-refractivity contribution is -0.148. The molecule has 26 heavy (non-hydrogen) atoms. The summed E-state index contributed by atoms with van der Waals surface area (Å²) in [7, 11) is 1.63. The third kappa shape index (κ3) is 4.07. The Kier molecular flexibility index (Phi) is 5.94. The van der Waals surface area contributed by atoms with E-state index in [0.717, 1.165) is 37.4 Å². The topological polar surface area (TPSA) is 70.1 Å². The van der Waals surface area contributed by atoms with Crippen LogP contribution in [0.15, 0.2) is 24.3 Å². The van der Waals surface area contributed by atoms with Gasteiger partial charge in [0, 0.05) is 38.0 Å². The van der Waals surface area contributed by atoms with Crippen molar-refractivity contribution in [2.24, 2.45) is 0 Å². The number of carbonyl (C=O) groups is 2. The van der Waals surface area contributed by atoms with Gasteiger partial charge in [-0.15, -0.1) is 0 Å². The van der Waals surface area contributed by atoms with Crippen molar-refractivity contribution in [3.05, 3.63) is 29.8 Å². The standard InChI is InChI=1S/C20H28N2O4/c1-26-17-7-3-2-6-16(17)20(25)10-14-21(15-11-20)12-5-13-22-18(23)8-4-9-19(22)24/h2-3,6-7,25H,4-5,8-15H2,1H3. The zero-order valence-corrected chi connectivity index (χ0v) is 15.4. The van der Waals surface area contributed by atoms with Gasteiger partial charge in [0.15, 0.2) is 0 Å². The molecule has 142 valence electrons. The number of likely N-dealkylation sites (tertiary alicyclic amines) is 2. The summed E-state index contributed by atoms with van der Waals surface area (Å²) in [6.45, 7) is 2.91. The first-order chi connectivity index (χ1) is 12.5. The maximum Gasteiger partial charge on any atom is 0.229 e. The smallest absolute Gasteiger partial charge is 0.229 e. The second-order valence-corrected chi connectivity index (χ2v) is 7.22. The van der Waals surface area contributed by atoms with E-state index in [9.17, 15) is 14.7 Å². The minimum atomic E-state index is -0.859. The first-order valence-corrected chi connectivity index (χ1v) is 9.45. The van der Waals surface area contributed by atoms with Gasteiger partial charge < -0.3 is 14.7 Å². The minimum absolute atomic E-state index is 0.0366. The van der Waals surface area contributed by atoms with E-state index in [-0.39, 0.29) is 11.8 Å². The quantitative estimate of drug-likeness (QED) is 0.785. The summed E-state index contributed by atoms with van der Waals surface area (Å²) in [5.74, 6) is 0.654. The first-order valence-electron chi connectivity index (χ1n) is 9.45. The van der Waals surface area contributed by atoms with E-state index in [0.29, 0.717) is 38.6 Å². The van der Waals surface area contributed by atoms with E-state index in [1.807, 2.05) is 24.3 Å². The number of hydrogen-bond acceptors (Lipinski definition) is 5. The largest absolute Gasteiger partial charge is 0.496 e. The number of amides is 2. The molecule has 2 aliphatic rings. The van der Waals surface area contributed by atoms with Gasteiger partial charge in [0.1, 0.15) is 5.75 Å². The first kappa shape index (κ1) is 18.9. The van der Waals surface area contributed by atoms with E-state index in [4.69, 9.17) is 4.74 Å². The minimum Gasteiger partial charge on any atom is -0.496 e. The molecule has 2 heterocycles. The highest BCUT2D eigenvalue weighted by Crippen LogP contribution is 2.37. The number of aliphatic hydroxyl groups is 1. The van der Waals surface area contributed by atoms with Crippen LogP contribution in [-0.4, -0.2) is 60.0 Å². The van der Waals surface area contributed by atoms with Crippen molar-refractivity contribution in [2.75, 3.05) is 33.3 Å². The van der Waals surface area contributed by atoms with Gasteiger partial charge in [-0.05, 0) is 38.3 Å². The van der Waals surface area contributed by atoms with Gasteiger partial charge in [0.05, 0.1) is 12.7 Å². The average molecular weight is 360 g/mol. The molecule has 0 aromatic heterocycles. The third-order valence-corrected chi connectivity index (χ3v) is 5.53. The van der Waals surface area contributed by atoms with Crippen molar-refractivity contribution in [1.29, 1.82) is 0 Å². The van der Waals surface area contributed by atoms with Gasteiger partial charge >= 0.3 is 0 Å². The molecule has 2 aliphatic heterocycles. The number of para-hydroxylation sites is 1. The lowest BCUT2D eigenvalue weighted by Gasteiger charge is -2.39. The Bertz CT molecular complexity index is 637. The predicted octanol–water partition coefficient (Wildman–Crippen LogP) is 1.91. The van der Waals surface area contributed by atoms with Crippen molar-refractivity contribution < 1.29 is 19.4 Å². The summed E-state index contributed by atoms with van der Waals surface area (Å²) < 4.78 is 5.40. The Labute approximate surface area is 154 Å². The summed E-state index contributed by atoms with van der Waals surface area (Å²) in [5.41, 5.74) is -0.00583. The van der Waals surface area contributed by atoms with Crippen molar-refractivity contribution in [1.82, 2.24) is 9.80 Å². The van der Waals surface area contributed by atoms with E-state index in [2.05, 4.69) is 4.90 Å². The molecule has 0 saturated carbocycles. The van der Waals surface area contributed by atoms with E-state index >= 15 is 0 Å². The molecule has 6 heteroatoms. The van der Waals surface area contributed by atoms with Crippen molar-refractivity contribution in [3.8, 4) is 5.75 Å². The fourth-order valence-corrected chi connectivity index (χ4v) is 3.95. The van der Waals surface area contributed by atoms with Crippen LogP contribution in [0.1, 0.15) is 44.1 Å². The van der Waals surface area contributed by atoms with Crippen molar-refractivity contribution in [3.63, 3.8) is 0 Å².